The van der Waals surface area contributed by atoms with E-state index in [9.17, 15) is 9.90 Å². The zero-order valence-electron chi connectivity index (χ0n) is 11.7. The lowest BCUT2D eigenvalue weighted by atomic mass is 9.94. The molecule has 0 bridgehead atoms. The number of aromatic nitrogens is 3. The van der Waals surface area contributed by atoms with Gasteiger partial charge in [0.25, 0.3) is 0 Å². The minimum absolute atomic E-state index is 0.0763. The zero-order valence-corrected chi connectivity index (χ0v) is 11.7. The van der Waals surface area contributed by atoms with Crippen LogP contribution in [0, 0.1) is 11.3 Å². The second-order valence-electron chi connectivity index (χ2n) is 5.95. The largest absolute Gasteiger partial charge is 0.396 e. The lowest BCUT2D eigenvalue weighted by Gasteiger charge is -2.22. The van der Waals surface area contributed by atoms with Crippen molar-refractivity contribution in [2.45, 2.75) is 47.1 Å². The molecule has 0 aliphatic carbocycles. The number of carbonyl (C=O) groups excluding carboxylic acids is 1. The van der Waals surface area contributed by atoms with Gasteiger partial charge in [-0.15, -0.1) is 5.10 Å². The molecule has 1 aromatic heterocycles. The summed E-state index contributed by atoms with van der Waals surface area (Å²) >= 11 is 0. The SMILES string of the molecule is CC(C)CCc1c(C=O)nnn1CC(C)(C)CO. The van der Waals surface area contributed by atoms with Crippen molar-refractivity contribution in [2.24, 2.45) is 11.3 Å². The van der Waals surface area contributed by atoms with Gasteiger partial charge >= 0.3 is 0 Å². The predicted octanol–water partition coefficient (Wildman–Crippen LogP) is 1.70. The van der Waals surface area contributed by atoms with Gasteiger partial charge < -0.3 is 5.11 Å². The van der Waals surface area contributed by atoms with Crippen LogP contribution in [0.15, 0.2) is 0 Å². The summed E-state index contributed by atoms with van der Waals surface area (Å²) in [5.74, 6) is 0.568. The summed E-state index contributed by atoms with van der Waals surface area (Å²) in [6.45, 7) is 8.85. The Hall–Kier alpha value is -1.23. The van der Waals surface area contributed by atoms with Crippen molar-refractivity contribution in [3.63, 3.8) is 0 Å². The van der Waals surface area contributed by atoms with E-state index < -0.39 is 0 Å². The molecule has 1 rings (SSSR count). The van der Waals surface area contributed by atoms with Crippen LogP contribution < -0.4 is 0 Å². The first kappa shape index (κ1) is 14.8. The number of carbonyl (C=O) groups is 1. The molecule has 0 saturated heterocycles. The van der Waals surface area contributed by atoms with E-state index in [4.69, 9.17) is 0 Å². The topological polar surface area (TPSA) is 68.0 Å². The highest BCUT2D eigenvalue weighted by molar-refractivity contribution is 5.73. The first-order chi connectivity index (χ1) is 8.39. The van der Waals surface area contributed by atoms with Crippen molar-refractivity contribution in [1.82, 2.24) is 15.0 Å². The number of hydrogen-bond acceptors (Lipinski definition) is 4. The van der Waals surface area contributed by atoms with Gasteiger partial charge in [0.05, 0.1) is 12.2 Å². The van der Waals surface area contributed by atoms with Crippen LogP contribution in [0.5, 0.6) is 0 Å². The van der Waals surface area contributed by atoms with Crippen LogP contribution in [0.4, 0.5) is 0 Å². The molecule has 1 heterocycles. The summed E-state index contributed by atoms with van der Waals surface area (Å²) in [4.78, 5) is 11.0. The normalized spacial score (nSPS) is 12.1. The van der Waals surface area contributed by atoms with E-state index in [0.29, 0.717) is 18.2 Å². The first-order valence-corrected chi connectivity index (χ1v) is 6.38. The molecule has 102 valence electrons. The summed E-state index contributed by atoms with van der Waals surface area (Å²) in [6.07, 6.45) is 2.54. The smallest absolute Gasteiger partial charge is 0.172 e. The van der Waals surface area contributed by atoms with E-state index in [1.807, 2.05) is 13.8 Å². The van der Waals surface area contributed by atoms with Crippen LogP contribution in [0.25, 0.3) is 0 Å². The standard InChI is InChI=1S/C13H23N3O2/c1-10(2)5-6-12-11(7-17)14-15-16(12)8-13(3,4)9-18/h7,10,18H,5-6,8-9H2,1-4H3. The second kappa shape index (κ2) is 6.09. The lowest BCUT2D eigenvalue weighted by Crippen LogP contribution is -2.25. The maximum absolute atomic E-state index is 11.0. The van der Waals surface area contributed by atoms with Crippen molar-refractivity contribution in [3.05, 3.63) is 11.4 Å². The number of hydrogen-bond donors (Lipinski definition) is 1. The van der Waals surface area contributed by atoms with E-state index in [1.54, 1.807) is 4.68 Å². The van der Waals surface area contributed by atoms with Gasteiger partial charge in [-0.2, -0.15) is 0 Å². The Morgan fingerprint density at radius 2 is 2.11 bits per heavy atom. The molecule has 1 N–H and O–H groups in total. The average Bonchev–Trinajstić information content (AvgIpc) is 2.68. The van der Waals surface area contributed by atoms with E-state index in [0.717, 1.165) is 24.8 Å². The van der Waals surface area contributed by atoms with Crippen molar-refractivity contribution in [1.29, 1.82) is 0 Å². The molecule has 5 heteroatoms. The second-order valence-corrected chi connectivity index (χ2v) is 5.95. The van der Waals surface area contributed by atoms with Crippen LogP contribution in [0.3, 0.4) is 0 Å². The van der Waals surface area contributed by atoms with Gasteiger partial charge in [0.1, 0.15) is 5.69 Å². The molecule has 0 aliphatic heterocycles. The average molecular weight is 253 g/mol. The van der Waals surface area contributed by atoms with Gasteiger partial charge in [-0.25, -0.2) is 4.68 Å². The highest BCUT2D eigenvalue weighted by atomic mass is 16.3. The Labute approximate surface area is 108 Å². The summed E-state index contributed by atoms with van der Waals surface area (Å²) < 4.78 is 1.75. The molecule has 0 aliphatic rings. The first-order valence-electron chi connectivity index (χ1n) is 6.38. The molecule has 0 aromatic carbocycles. The van der Waals surface area contributed by atoms with Crippen molar-refractivity contribution < 1.29 is 9.90 Å². The molecular formula is C13H23N3O2. The summed E-state index contributed by atoms with van der Waals surface area (Å²) in [7, 11) is 0. The van der Waals surface area contributed by atoms with Crippen LogP contribution in [-0.4, -0.2) is 33.0 Å². The molecule has 18 heavy (non-hydrogen) atoms. The van der Waals surface area contributed by atoms with Gasteiger partial charge in [-0.1, -0.05) is 32.9 Å². The fraction of sp³-hybridized carbons (Fsp3) is 0.769. The highest BCUT2D eigenvalue weighted by Gasteiger charge is 2.21. The highest BCUT2D eigenvalue weighted by Crippen LogP contribution is 2.19. The Kier molecular flexibility index (Phi) is 5.02. The van der Waals surface area contributed by atoms with Crippen molar-refractivity contribution in [2.75, 3.05) is 6.61 Å². The Balaban J connectivity index is 2.90. The maximum Gasteiger partial charge on any atom is 0.172 e. The number of nitrogens with zero attached hydrogens (tertiary/aromatic N) is 3. The van der Waals surface area contributed by atoms with E-state index >= 15 is 0 Å². The minimum Gasteiger partial charge on any atom is -0.396 e. The van der Waals surface area contributed by atoms with E-state index in [2.05, 4.69) is 24.2 Å². The van der Waals surface area contributed by atoms with Crippen LogP contribution in [0.2, 0.25) is 0 Å². The molecule has 0 atom stereocenters. The number of rotatable bonds is 7. The molecule has 5 nitrogen and oxygen atoms in total. The monoisotopic (exact) mass is 253 g/mol. The maximum atomic E-state index is 11.0. The third-order valence-corrected chi connectivity index (χ3v) is 2.94. The predicted molar refractivity (Wildman–Crippen MR) is 69.4 cm³/mol. The number of aliphatic hydroxyl groups excluding tert-OH is 1. The van der Waals surface area contributed by atoms with E-state index in [-0.39, 0.29) is 12.0 Å². The van der Waals surface area contributed by atoms with Gasteiger partial charge in [0, 0.05) is 12.0 Å². The molecular weight excluding hydrogens is 230 g/mol. The van der Waals surface area contributed by atoms with Crippen molar-refractivity contribution >= 4 is 6.29 Å². The fourth-order valence-corrected chi connectivity index (χ4v) is 1.70. The number of aliphatic hydroxyl groups is 1. The van der Waals surface area contributed by atoms with Crippen LogP contribution in [-0.2, 0) is 13.0 Å². The minimum atomic E-state index is -0.263. The number of aldehydes is 1. The zero-order chi connectivity index (χ0) is 13.8. The quantitative estimate of drug-likeness (QED) is 0.751. The Bertz CT molecular complexity index is 397. The molecule has 0 fully saturated rings. The van der Waals surface area contributed by atoms with Gasteiger partial charge in [-0.05, 0) is 18.8 Å². The summed E-state index contributed by atoms with van der Waals surface area (Å²) in [5, 5.41) is 17.2. The molecule has 0 saturated carbocycles. The molecule has 0 radical (unpaired) electrons. The lowest BCUT2D eigenvalue weighted by molar-refractivity contribution is 0.111. The summed E-state index contributed by atoms with van der Waals surface area (Å²) in [5.41, 5.74) is 1.03. The third-order valence-electron chi connectivity index (χ3n) is 2.94. The van der Waals surface area contributed by atoms with Gasteiger partial charge in [0.2, 0.25) is 0 Å². The molecule has 0 unspecified atom stereocenters. The van der Waals surface area contributed by atoms with E-state index in [1.165, 1.54) is 0 Å². The Morgan fingerprint density at radius 3 is 2.61 bits per heavy atom. The fourth-order valence-electron chi connectivity index (χ4n) is 1.70. The van der Waals surface area contributed by atoms with Crippen LogP contribution >= 0.6 is 0 Å². The van der Waals surface area contributed by atoms with Crippen LogP contribution in [0.1, 0.15) is 50.3 Å². The van der Waals surface area contributed by atoms with Gasteiger partial charge in [0.15, 0.2) is 6.29 Å². The molecule has 0 amide bonds. The molecule has 0 spiro atoms. The van der Waals surface area contributed by atoms with Gasteiger partial charge in [-0.3, -0.25) is 4.79 Å². The Morgan fingerprint density at radius 1 is 1.44 bits per heavy atom. The third kappa shape index (κ3) is 3.91. The molecule has 1 aromatic rings. The summed E-state index contributed by atoms with van der Waals surface area (Å²) in [6, 6.07) is 0. The van der Waals surface area contributed by atoms with Crippen molar-refractivity contribution in [3.8, 4) is 0 Å².